The SMILES string of the molecule is COc1cc2c(c(OC)c1OC)C1(C=CC(=O)C=C1)CCN(C=O)C2. The number of hydrogen-bond acceptors (Lipinski definition) is 5. The van der Waals surface area contributed by atoms with Crippen molar-refractivity contribution in [1.29, 1.82) is 0 Å². The molecule has 0 bridgehead atoms. The summed E-state index contributed by atoms with van der Waals surface area (Å²) in [5, 5.41) is 0. The van der Waals surface area contributed by atoms with E-state index in [1.165, 1.54) is 0 Å². The number of carbonyl (C=O) groups excluding carboxylic acids is 2. The summed E-state index contributed by atoms with van der Waals surface area (Å²) in [7, 11) is 4.70. The van der Waals surface area contributed by atoms with Gasteiger partial charge in [-0.05, 0) is 30.2 Å². The van der Waals surface area contributed by atoms with Gasteiger partial charge >= 0.3 is 0 Å². The van der Waals surface area contributed by atoms with E-state index in [9.17, 15) is 9.59 Å². The molecule has 1 spiro atoms. The zero-order chi connectivity index (χ0) is 18.0. The van der Waals surface area contributed by atoms with E-state index in [0.29, 0.717) is 36.8 Å². The Labute approximate surface area is 146 Å². The number of ether oxygens (including phenoxy) is 3. The zero-order valence-electron chi connectivity index (χ0n) is 14.6. The highest BCUT2D eigenvalue weighted by atomic mass is 16.5. The number of methoxy groups -OCH3 is 3. The van der Waals surface area contributed by atoms with Crippen molar-refractivity contribution < 1.29 is 23.8 Å². The van der Waals surface area contributed by atoms with Crippen molar-refractivity contribution in [2.24, 2.45) is 0 Å². The average molecular weight is 343 g/mol. The molecule has 0 saturated carbocycles. The molecule has 0 atom stereocenters. The van der Waals surface area contributed by atoms with Crippen LogP contribution in [0.2, 0.25) is 0 Å². The van der Waals surface area contributed by atoms with Crippen LogP contribution in [0.1, 0.15) is 17.5 Å². The summed E-state index contributed by atoms with van der Waals surface area (Å²) < 4.78 is 16.7. The molecule has 0 fully saturated rings. The number of amides is 1. The Hall–Kier alpha value is -2.76. The maximum absolute atomic E-state index is 11.7. The van der Waals surface area contributed by atoms with Gasteiger partial charge in [0.25, 0.3) is 0 Å². The first-order valence-electron chi connectivity index (χ1n) is 8.02. The Morgan fingerprint density at radius 3 is 2.32 bits per heavy atom. The van der Waals surface area contributed by atoms with Crippen LogP contribution in [0.5, 0.6) is 17.2 Å². The number of allylic oxidation sites excluding steroid dienone is 4. The van der Waals surface area contributed by atoms with E-state index in [0.717, 1.165) is 17.5 Å². The van der Waals surface area contributed by atoms with Crippen LogP contribution in [0.25, 0.3) is 0 Å². The second-order valence-electron chi connectivity index (χ2n) is 6.11. The van der Waals surface area contributed by atoms with E-state index in [-0.39, 0.29) is 5.78 Å². The zero-order valence-corrected chi connectivity index (χ0v) is 14.6. The van der Waals surface area contributed by atoms with Crippen LogP contribution in [0, 0.1) is 0 Å². The Morgan fingerprint density at radius 2 is 1.76 bits per heavy atom. The maximum atomic E-state index is 11.7. The van der Waals surface area contributed by atoms with Gasteiger partial charge in [-0.25, -0.2) is 0 Å². The number of fused-ring (bicyclic) bond motifs is 2. The highest BCUT2D eigenvalue weighted by Gasteiger charge is 2.39. The largest absolute Gasteiger partial charge is 0.493 e. The van der Waals surface area contributed by atoms with Gasteiger partial charge in [-0.15, -0.1) is 0 Å². The number of benzene rings is 1. The molecule has 0 N–H and O–H groups in total. The molecular formula is C19H21NO5. The van der Waals surface area contributed by atoms with Crippen LogP contribution in [-0.4, -0.2) is 45.0 Å². The minimum Gasteiger partial charge on any atom is -0.493 e. The molecule has 2 aliphatic rings. The van der Waals surface area contributed by atoms with E-state index in [4.69, 9.17) is 14.2 Å². The predicted octanol–water partition coefficient (Wildman–Crippen LogP) is 2.01. The molecule has 1 aliphatic carbocycles. The van der Waals surface area contributed by atoms with Crippen LogP contribution >= 0.6 is 0 Å². The number of rotatable bonds is 4. The lowest BCUT2D eigenvalue weighted by Crippen LogP contribution is -2.28. The van der Waals surface area contributed by atoms with E-state index in [2.05, 4.69) is 0 Å². The van der Waals surface area contributed by atoms with Gasteiger partial charge in [0.05, 0.1) is 21.3 Å². The first-order chi connectivity index (χ1) is 12.1. The smallest absolute Gasteiger partial charge is 0.210 e. The van der Waals surface area contributed by atoms with Crippen LogP contribution in [0.4, 0.5) is 0 Å². The molecule has 1 heterocycles. The summed E-state index contributed by atoms with van der Waals surface area (Å²) in [4.78, 5) is 24.8. The lowest BCUT2D eigenvalue weighted by molar-refractivity contribution is -0.118. The van der Waals surface area contributed by atoms with Crippen LogP contribution in [0.15, 0.2) is 30.4 Å². The minimum atomic E-state index is -0.536. The lowest BCUT2D eigenvalue weighted by Gasteiger charge is -2.32. The van der Waals surface area contributed by atoms with Gasteiger partial charge in [0.15, 0.2) is 17.3 Å². The number of carbonyl (C=O) groups is 2. The summed E-state index contributed by atoms with van der Waals surface area (Å²) in [5.41, 5.74) is 1.27. The predicted molar refractivity (Wildman–Crippen MR) is 92.2 cm³/mol. The van der Waals surface area contributed by atoms with Crippen molar-refractivity contribution in [1.82, 2.24) is 4.90 Å². The molecule has 0 radical (unpaired) electrons. The van der Waals surface area contributed by atoms with Crippen molar-refractivity contribution in [2.75, 3.05) is 27.9 Å². The molecule has 1 aromatic carbocycles. The van der Waals surface area contributed by atoms with Crippen molar-refractivity contribution in [3.05, 3.63) is 41.5 Å². The Morgan fingerprint density at radius 1 is 1.08 bits per heavy atom. The van der Waals surface area contributed by atoms with Gasteiger partial charge in [0, 0.05) is 24.1 Å². The van der Waals surface area contributed by atoms with E-state index in [1.54, 1.807) is 38.4 Å². The number of ketones is 1. The lowest BCUT2D eigenvalue weighted by atomic mass is 9.73. The first kappa shape index (κ1) is 17.1. The highest BCUT2D eigenvalue weighted by Crippen LogP contribution is 2.50. The average Bonchev–Trinajstić information content (AvgIpc) is 2.79. The molecule has 1 aromatic rings. The topological polar surface area (TPSA) is 65.1 Å². The highest BCUT2D eigenvalue weighted by molar-refractivity contribution is 6.01. The molecule has 1 amide bonds. The van der Waals surface area contributed by atoms with Gasteiger partial charge in [-0.2, -0.15) is 0 Å². The van der Waals surface area contributed by atoms with Crippen LogP contribution in [-0.2, 0) is 21.5 Å². The van der Waals surface area contributed by atoms with E-state index < -0.39 is 5.41 Å². The Balaban J connectivity index is 2.32. The standard InChI is InChI=1S/C19H21NO5/c1-23-15-10-13-11-20(12-21)9-8-19(6-4-14(22)5-7-19)16(13)18(25-3)17(15)24-2/h4-7,10,12H,8-9,11H2,1-3H3. The van der Waals surface area contributed by atoms with Gasteiger partial charge in [-0.3, -0.25) is 9.59 Å². The van der Waals surface area contributed by atoms with Crippen molar-refractivity contribution in [3.63, 3.8) is 0 Å². The monoisotopic (exact) mass is 343 g/mol. The molecule has 3 rings (SSSR count). The second kappa shape index (κ2) is 6.63. The number of hydrogen-bond donors (Lipinski definition) is 0. The van der Waals surface area contributed by atoms with E-state index >= 15 is 0 Å². The van der Waals surface area contributed by atoms with Gasteiger partial charge in [0.1, 0.15) is 0 Å². The molecule has 0 saturated heterocycles. The van der Waals surface area contributed by atoms with Gasteiger partial charge < -0.3 is 19.1 Å². The third-order valence-electron chi connectivity index (χ3n) is 4.80. The number of nitrogens with zero attached hydrogens (tertiary/aromatic N) is 1. The molecule has 132 valence electrons. The third-order valence-corrected chi connectivity index (χ3v) is 4.80. The van der Waals surface area contributed by atoms with Crippen LogP contribution < -0.4 is 14.2 Å². The molecule has 0 unspecified atom stereocenters. The second-order valence-corrected chi connectivity index (χ2v) is 6.11. The van der Waals surface area contributed by atoms with Crippen molar-refractivity contribution in [3.8, 4) is 17.2 Å². The Bertz CT molecular complexity index is 750. The van der Waals surface area contributed by atoms with E-state index in [1.807, 2.05) is 18.2 Å². The van der Waals surface area contributed by atoms with Gasteiger partial charge in [-0.1, -0.05) is 12.2 Å². The molecule has 1 aliphatic heterocycles. The first-order valence-corrected chi connectivity index (χ1v) is 8.02. The summed E-state index contributed by atoms with van der Waals surface area (Å²) in [6.45, 7) is 1.00. The minimum absolute atomic E-state index is 0.0527. The van der Waals surface area contributed by atoms with Crippen molar-refractivity contribution in [2.45, 2.75) is 18.4 Å². The van der Waals surface area contributed by atoms with Crippen molar-refractivity contribution >= 4 is 12.2 Å². The summed E-state index contributed by atoms with van der Waals surface area (Å²) in [6.07, 6.45) is 8.39. The maximum Gasteiger partial charge on any atom is 0.210 e. The molecule has 25 heavy (non-hydrogen) atoms. The fourth-order valence-corrected chi connectivity index (χ4v) is 3.59. The fourth-order valence-electron chi connectivity index (χ4n) is 3.59. The quantitative estimate of drug-likeness (QED) is 0.783. The summed E-state index contributed by atoms with van der Waals surface area (Å²) >= 11 is 0. The third kappa shape index (κ3) is 2.77. The summed E-state index contributed by atoms with van der Waals surface area (Å²) in [5.74, 6) is 1.55. The molecular weight excluding hydrogens is 322 g/mol. The Kier molecular flexibility index (Phi) is 4.53. The molecule has 6 heteroatoms. The molecule has 6 nitrogen and oxygen atoms in total. The normalized spacial score (nSPS) is 17.9. The summed E-state index contributed by atoms with van der Waals surface area (Å²) in [6, 6.07) is 1.87. The molecule has 0 aromatic heterocycles. The fraction of sp³-hybridized carbons (Fsp3) is 0.368. The van der Waals surface area contributed by atoms with Gasteiger partial charge in [0.2, 0.25) is 12.2 Å². The van der Waals surface area contributed by atoms with Crippen LogP contribution in [0.3, 0.4) is 0 Å².